The van der Waals surface area contributed by atoms with Crippen LogP contribution in [0.2, 0.25) is 5.02 Å². The fourth-order valence-corrected chi connectivity index (χ4v) is 3.32. The number of hydrogen-bond acceptors (Lipinski definition) is 3. The summed E-state index contributed by atoms with van der Waals surface area (Å²) in [5, 5.41) is 4.37. The highest BCUT2D eigenvalue weighted by Crippen LogP contribution is 2.28. The molecule has 3 rings (SSSR count). The standard InChI is InChI=1S/C20H19ClFIN4O2/c1-20(2,18(24)28)8-7-12-9-16(14(21)10-15(12)22)27-19(29)25-17(26-27)11-3-5-13(23)6-4-11/h3-6,9-10H,7-8H2,1-2H3,(H2,24,28)(H,25,26,29). The summed E-state index contributed by atoms with van der Waals surface area (Å²) in [5.74, 6) is -0.596. The normalized spacial score (nSPS) is 11.6. The molecule has 9 heteroatoms. The van der Waals surface area contributed by atoms with Crippen LogP contribution in [0.25, 0.3) is 17.1 Å². The Morgan fingerprint density at radius 2 is 1.97 bits per heavy atom. The summed E-state index contributed by atoms with van der Waals surface area (Å²) in [6.07, 6.45) is 0.610. The molecule has 0 aliphatic rings. The summed E-state index contributed by atoms with van der Waals surface area (Å²) in [4.78, 5) is 26.7. The predicted octanol–water partition coefficient (Wildman–Crippen LogP) is 4.07. The molecule has 29 heavy (non-hydrogen) atoms. The molecule has 0 aliphatic heterocycles. The second-order valence-electron chi connectivity index (χ2n) is 7.34. The number of rotatable bonds is 6. The zero-order chi connectivity index (χ0) is 21.3. The lowest BCUT2D eigenvalue weighted by atomic mass is 9.85. The van der Waals surface area contributed by atoms with E-state index in [9.17, 15) is 14.0 Å². The fraction of sp³-hybridized carbons (Fsp3) is 0.250. The topological polar surface area (TPSA) is 93.8 Å². The largest absolute Gasteiger partial charge is 0.369 e. The smallest absolute Gasteiger partial charge is 0.348 e. The van der Waals surface area contributed by atoms with Crippen LogP contribution in [0.3, 0.4) is 0 Å². The number of carbonyl (C=O) groups excluding carboxylic acids is 1. The summed E-state index contributed by atoms with van der Waals surface area (Å²) < 4.78 is 16.6. The van der Waals surface area contributed by atoms with Gasteiger partial charge in [-0.3, -0.25) is 9.78 Å². The third-order valence-electron chi connectivity index (χ3n) is 4.77. The van der Waals surface area contributed by atoms with Gasteiger partial charge in [-0.25, -0.2) is 9.18 Å². The van der Waals surface area contributed by atoms with Gasteiger partial charge in [0.1, 0.15) is 5.82 Å². The minimum atomic E-state index is -0.784. The third kappa shape index (κ3) is 4.69. The number of hydrogen-bond donors (Lipinski definition) is 2. The van der Waals surface area contributed by atoms with Crippen LogP contribution in [-0.4, -0.2) is 20.7 Å². The zero-order valence-electron chi connectivity index (χ0n) is 15.8. The first-order valence-corrected chi connectivity index (χ1v) is 10.3. The van der Waals surface area contributed by atoms with Crippen LogP contribution >= 0.6 is 34.2 Å². The van der Waals surface area contributed by atoms with Gasteiger partial charge >= 0.3 is 5.69 Å². The Bertz CT molecular complexity index is 1120. The van der Waals surface area contributed by atoms with E-state index in [1.807, 2.05) is 24.3 Å². The van der Waals surface area contributed by atoms with Crippen LogP contribution in [0, 0.1) is 14.8 Å². The molecular weight excluding hydrogens is 510 g/mol. The SMILES string of the molecule is CC(C)(CCc1cc(-n2nc(-c3ccc(I)cc3)[nH]c2=O)c(Cl)cc1F)C(N)=O. The molecule has 152 valence electrons. The number of halogens is 3. The number of nitrogens with one attached hydrogen (secondary N) is 1. The van der Waals surface area contributed by atoms with Gasteiger partial charge in [0.25, 0.3) is 0 Å². The highest BCUT2D eigenvalue weighted by atomic mass is 127. The first kappa shape index (κ1) is 21.5. The molecule has 0 bridgehead atoms. The minimum Gasteiger partial charge on any atom is -0.369 e. The van der Waals surface area contributed by atoms with E-state index in [2.05, 4.69) is 32.7 Å². The number of aromatic amines is 1. The Kier molecular flexibility index (Phi) is 6.13. The Labute approximate surface area is 185 Å². The van der Waals surface area contributed by atoms with E-state index >= 15 is 0 Å². The predicted molar refractivity (Wildman–Crippen MR) is 119 cm³/mol. The lowest BCUT2D eigenvalue weighted by molar-refractivity contribution is -0.126. The summed E-state index contributed by atoms with van der Waals surface area (Å²) in [5.41, 5.74) is 5.44. The van der Waals surface area contributed by atoms with Crippen molar-refractivity contribution >= 4 is 40.1 Å². The average Bonchev–Trinajstić information content (AvgIpc) is 3.03. The second kappa shape index (κ2) is 8.27. The first-order valence-electron chi connectivity index (χ1n) is 8.82. The highest BCUT2D eigenvalue weighted by molar-refractivity contribution is 14.1. The molecule has 6 nitrogen and oxygen atoms in total. The van der Waals surface area contributed by atoms with Gasteiger partial charge in [-0.05, 0) is 65.3 Å². The Hall–Kier alpha value is -2.20. The molecule has 0 fully saturated rings. The molecule has 0 unspecified atom stereocenters. The molecule has 0 saturated carbocycles. The number of amides is 1. The number of aryl methyl sites for hydroxylation is 1. The lowest BCUT2D eigenvalue weighted by Gasteiger charge is -2.20. The van der Waals surface area contributed by atoms with Crippen LogP contribution < -0.4 is 11.4 Å². The summed E-state index contributed by atoms with van der Waals surface area (Å²) in [6, 6.07) is 10.1. The molecule has 2 aromatic carbocycles. The Balaban J connectivity index is 1.98. The third-order valence-corrected chi connectivity index (χ3v) is 5.79. The number of primary amides is 1. The van der Waals surface area contributed by atoms with E-state index in [0.717, 1.165) is 19.9 Å². The minimum absolute atomic E-state index is 0.0585. The van der Waals surface area contributed by atoms with Crippen LogP contribution in [0.1, 0.15) is 25.8 Å². The molecule has 1 amide bonds. The van der Waals surface area contributed by atoms with Gasteiger partial charge in [-0.2, -0.15) is 4.68 Å². The van der Waals surface area contributed by atoms with Crippen molar-refractivity contribution in [2.45, 2.75) is 26.7 Å². The van der Waals surface area contributed by atoms with Crippen molar-refractivity contribution in [1.29, 1.82) is 0 Å². The van der Waals surface area contributed by atoms with Crippen LogP contribution in [0.5, 0.6) is 0 Å². The monoisotopic (exact) mass is 528 g/mol. The number of carbonyl (C=O) groups is 1. The van der Waals surface area contributed by atoms with Gasteiger partial charge in [0.2, 0.25) is 5.91 Å². The number of nitrogens with zero attached hydrogens (tertiary/aromatic N) is 2. The Morgan fingerprint density at radius 1 is 1.31 bits per heavy atom. The number of benzene rings is 2. The van der Waals surface area contributed by atoms with Gasteiger partial charge in [0, 0.05) is 14.5 Å². The molecule has 1 aromatic heterocycles. The molecule has 0 spiro atoms. The van der Waals surface area contributed by atoms with Gasteiger partial charge in [-0.15, -0.1) is 5.10 Å². The summed E-state index contributed by atoms with van der Waals surface area (Å²) in [7, 11) is 0. The van der Waals surface area contributed by atoms with Crippen molar-refractivity contribution in [1.82, 2.24) is 14.8 Å². The molecule has 0 saturated heterocycles. The van der Waals surface area contributed by atoms with Crippen LogP contribution in [0.4, 0.5) is 4.39 Å². The van der Waals surface area contributed by atoms with E-state index in [4.69, 9.17) is 17.3 Å². The van der Waals surface area contributed by atoms with Crippen molar-refractivity contribution in [3.05, 3.63) is 66.9 Å². The maximum absolute atomic E-state index is 14.4. The van der Waals surface area contributed by atoms with Gasteiger partial charge < -0.3 is 5.73 Å². The molecule has 0 radical (unpaired) electrons. The van der Waals surface area contributed by atoms with Crippen molar-refractivity contribution in [3.63, 3.8) is 0 Å². The maximum atomic E-state index is 14.4. The van der Waals surface area contributed by atoms with Crippen molar-refractivity contribution in [2.75, 3.05) is 0 Å². The Morgan fingerprint density at radius 3 is 2.59 bits per heavy atom. The highest BCUT2D eigenvalue weighted by Gasteiger charge is 2.25. The first-order chi connectivity index (χ1) is 13.6. The van der Waals surface area contributed by atoms with E-state index in [-0.39, 0.29) is 17.1 Å². The molecule has 0 atom stereocenters. The van der Waals surface area contributed by atoms with Crippen molar-refractivity contribution in [3.8, 4) is 17.1 Å². The zero-order valence-corrected chi connectivity index (χ0v) is 18.7. The summed E-state index contributed by atoms with van der Waals surface area (Å²) >= 11 is 8.38. The van der Waals surface area contributed by atoms with Gasteiger partial charge in [0.15, 0.2) is 5.82 Å². The van der Waals surface area contributed by atoms with E-state index in [0.29, 0.717) is 17.8 Å². The molecule has 1 heterocycles. The number of nitrogens with two attached hydrogens (primary N) is 1. The van der Waals surface area contributed by atoms with Gasteiger partial charge in [-0.1, -0.05) is 37.6 Å². The molecule has 3 aromatic rings. The van der Waals surface area contributed by atoms with Crippen LogP contribution in [-0.2, 0) is 11.2 Å². The van der Waals surface area contributed by atoms with Crippen molar-refractivity contribution in [2.24, 2.45) is 11.1 Å². The average molecular weight is 529 g/mol. The number of aromatic nitrogens is 3. The van der Waals surface area contributed by atoms with E-state index in [1.54, 1.807) is 13.8 Å². The van der Waals surface area contributed by atoms with Crippen LogP contribution in [0.15, 0.2) is 41.2 Å². The lowest BCUT2D eigenvalue weighted by Crippen LogP contribution is -2.32. The van der Waals surface area contributed by atoms with E-state index < -0.39 is 22.8 Å². The number of H-pyrrole nitrogens is 1. The quantitative estimate of drug-likeness (QED) is 0.473. The van der Waals surface area contributed by atoms with E-state index in [1.165, 1.54) is 6.07 Å². The molecular formula is C20H19ClFIN4O2. The molecule has 0 aliphatic carbocycles. The van der Waals surface area contributed by atoms with Crippen molar-refractivity contribution < 1.29 is 9.18 Å². The second-order valence-corrected chi connectivity index (χ2v) is 8.99. The maximum Gasteiger partial charge on any atom is 0.348 e. The summed E-state index contributed by atoms with van der Waals surface area (Å²) in [6.45, 7) is 3.41. The molecule has 3 N–H and O–H groups in total. The van der Waals surface area contributed by atoms with Gasteiger partial charge in [0.05, 0.1) is 10.7 Å². The fourth-order valence-electron chi connectivity index (χ4n) is 2.73.